The van der Waals surface area contributed by atoms with Crippen molar-refractivity contribution in [2.45, 2.75) is 20.0 Å². The lowest BCUT2D eigenvalue weighted by Gasteiger charge is -2.25. The van der Waals surface area contributed by atoms with Crippen molar-refractivity contribution in [3.8, 4) is 5.75 Å². The summed E-state index contributed by atoms with van der Waals surface area (Å²) in [6, 6.07) is 14.4. The van der Waals surface area contributed by atoms with Crippen LogP contribution in [0.4, 0.5) is 36.3 Å². The van der Waals surface area contributed by atoms with Crippen LogP contribution >= 0.6 is 0 Å². The van der Waals surface area contributed by atoms with Gasteiger partial charge in [0.15, 0.2) is 5.82 Å². The van der Waals surface area contributed by atoms with Gasteiger partial charge in [-0.05, 0) is 50.2 Å². The minimum Gasteiger partial charge on any atom is -0.494 e. The molecule has 0 N–H and O–H groups in total. The van der Waals surface area contributed by atoms with E-state index in [2.05, 4.69) is 9.97 Å². The van der Waals surface area contributed by atoms with Crippen LogP contribution in [0.1, 0.15) is 18.1 Å². The van der Waals surface area contributed by atoms with E-state index < -0.39 is 11.7 Å². The predicted octanol–water partition coefficient (Wildman–Crippen LogP) is 5.74. The first-order valence-corrected chi connectivity index (χ1v) is 9.42. The van der Waals surface area contributed by atoms with Gasteiger partial charge in [0.05, 0.1) is 6.61 Å². The van der Waals surface area contributed by atoms with Gasteiger partial charge in [-0.25, -0.2) is 4.98 Å². The molecule has 0 amide bonds. The molecule has 0 fully saturated rings. The summed E-state index contributed by atoms with van der Waals surface area (Å²) in [5.74, 6) is 0.587. The molecule has 0 radical (unpaired) electrons. The van der Waals surface area contributed by atoms with Crippen LogP contribution in [-0.4, -0.2) is 30.7 Å². The SMILES string of the molecule is CCOc1ccc(N(C)c2nc(N(C)c3ccc(C)cc3)ncc2C(F)(F)F)cc1. The fourth-order valence-corrected chi connectivity index (χ4v) is 2.92. The molecule has 1 heterocycles. The van der Waals surface area contributed by atoms with Gasteiger partial charge in [-0.2, -0.15) is 18.2 Å². The summed E-state index contributed by atoms with van der Waals surface area (Å²) in [4.78, 5) is 11.3. The van der Waals surface area contributed by atoms with Crippen molar-refractivity contribution in [2.75, 3.05) is 30.5 Å². The summed E-state index contributed by atoms with van der Waals surface area (Å²) in [6.45, 7) is 4.33. The highest BCUT2D eigenvalue weighted by Crippen LogP contribution is 2.38. The van der Waals surface area contributed by atoms with Gasteiger partial charge in [0.2, 0.25) is 5.95 Å². The number of hydrogen-bond donors (Lipinski definition) is 0. The van der Waals surface area contributed by atoms with Gasteiger partial charge in [0, 0.05) is 31.7 Å². The highest BCUT2D eigenvalue weighted by atomic mass is 19.4. The molecule has 0 spiro atoms. The average Bonchev–Trinajstić information content (AvgIpc) is 2.73. The topological polar surface area (TPSA) is 41.5 Å². The summed E-state index contributed by atoms with van der Waals surface area (Å²) in [5.41, 5.74) is 1.50. The van der Waals surface area contributed by atoms with E-state index in [-0.39, 0.29) is 11.8 Å². The van der Waals surface area contributed by atoms with Gasteiger partial charge in [0.1, 0.15) is 11.3 Å². The zero-order chi connectivity index (χ0) is 21.9. The number of ether oxygens (including phenoxy) is 1. The lowest BCUT2D eigenvalue weighted by Crippen LogP contribution is -2.21. The van der Waals surface area contributed by atoms with Crippen molar-refractivity contribution in [1.29, 1.82) is 0 Å². The number of halogens is 3. The van der Waals surface area contributed by atoms with Crippen LogP contribution in [-0.2, 0) is 6.18 Å². The Morgan fingerprint density at radius 1 is 0.900 bits per heavy atom. The van der Waals surface area contributed by atoms with Gasteiger partial charge in [-0.3, -0.25) is 0 Å². The molecule has 0 atom stereocenters. The molecule has 2 aromatic carbocycles. The Bertz CT molecular complexity index is 989. The molecule has 0 aliphatic rings. The molecule has 158 valence electrons. The van der Waals surface area contributed by atoms with E-state index in [1.54, 1.807) is 43.3 Å². The van der Waals surface area contributed by atoms with Gasteiger partial charge in [-0.1, -0.05) is 17.7 Å². The number of aryl methyl sites for hydroxylation is 1. The minimum absolute atomic E-state index is 0.166. The number of hydrogen-bond acceptors (Lipinski definition) is 5. The van der Waals surface area contributed by atoms with Crippen molar-refractivity contribution in [3.05, 3.63) is 65.9 Å². The molecule has 0 aliphatic heterocycles. The molecule has 5 nitrogen and oxygen atoms in total. The maximum atomic E-state index is 13.6. The summed E-state index contributed by atoms with van der Waals surface area (Å²) in [5, 5.41) is 0. The van der Waals surface area contributed by atoms with Crippen LogP contribution in [0.2, 0.25) is 0 Å². The number of alkyl halides is 3. The summed E-state index contributed by atoms with van der Waals surface area (Å²) >= 11 is 0. The second-order valence-corrected chi connectivity index (χ2v) is 6.79. The first kappa shape index (κ1) is 21.4. The Balaban J connectivity index is 2.01. The van der Waals surface area contributed by atoms with Gasteiger partial charge >= 0.3 is 6.18 Å². The molecular weight excluding hydrogens is 393 g/mol. The van der Waals surface area contributed by atoms with E-state index in [1.807, 2.05) is 38.1 Å². The molecule has 8 heteroatoms. The largest absolute Gasteiger partial charge is 0.494 e. The normalized spacial score (nSPS) is 11.3. The van der Waals surface area contributed by atoms with Gasteiger partial charge < -0.3 is 14.5 Å². The molecule has 30 heavy (non-hydrogen) atoms. The third-order valence-corrected chi connectivity index (χ3v) is 4.64. The van der Waals surface area contributed by atoms with Crippen molar-refractivity contribution in [3.63, 3.8) is 0 Å². The van der Waals surface area contributed by atoms with Crippen molar-refractivity contribution in [2.24, 2.45) is 0 Å². The predicted molar refractivity (Wildman–Crippen MR) is 112 cm³/mol. The van der Waals surface area contributed by atoms with Crippen LogP contribution in [0.15, 0.2) is 54.7 Å². The maximum Gasteiger partial charge on any atom is 0.421 e. The minimum atomic E-state index is -4.59. The standard InChI is InChI=1S/C22H23F3N4O/c1-5-30-18-12-10-16(11-13-18)28(3)20-19(22(23,24)25)14-26-21(27-20)29(4)17-8-6-15(2)7-9-17/h6-14H,5H2,1-4H3. The third-order valence-electron chi connectivity index (χ3n) is 4.64. The number of benzene rings is 2. The van der Waals surface area contributed by atoms with Crippen LogP contribution in [0.25, 0.3) is 0 Å². The van der Waals surface area contributed by atoms with E-state index >= 15 is 0 Å². The van der Waals surface area contributed by atoms with E-state index in [1.165, 1.54) is 4.90 Å². The van der Waals surface area contributed by atoms with Crippen molar-refractivity contribution < 1.29 is 17.9 Å². The summed E-state index contributed by atoms with van der Waals surface area (Å²) in [7, 11) is 3.26. The van der Waals surface area contributed by atoms with Gasteiger partial charge in [0.25, 0.3) is 0 Å². The number of anilines is 4. The molecule has 3 rings (SSSR count). The number of nitrogens with zero attached hydrogens (tertiary/aromatic N) is 4. The molecule has 0 unspecified atom stereocenters. The van der Waals surface area contributed by atoms with Crippen LogP contribution in [0.3, 0.4) is 0 Å². The maximum absolute atomic E-state index is 13.6. The first-order valence-electron chi connectivity index (χ1n) is 9.42. The number of rotatable bonds is 6. The second-order valence-electron chi connectivity index (χ2n) is 6.79. The van der Waals surface area contributed by atoms with E-state index in [0.29, 0.717) is 18.0 Å². The zero-order valence-electron chi connectivity index (χ0n) is 17.2. The van der Waals surface area contributed by atoms with Crippen LogP contribution in [0, 0.1) is 6.92 Å². The fourth-order valence-electron chi connectivity index (χ4n) is 2.92. The van der Waals surface area contributed by atoms with E-state index in [0.717, 1.165) is 17.4 Å². The average molecular weight is 416 g/mol. The Labute approximate surface area is 173 Å². The molecule has 0 saturated heterocycles. The quantitative estimate of drug-likeness (QED) is 0.513. The Morgan fingerprint density at radius 3 is 2.03 bits per heavy atom. The molecule has 0 saturated carbocycles. The van der Waals surface area contributed by atoms with Crippen molar-refractivity contribution in [1.82, 2.24) is 9.97 Å². The van der Waals surface area contributed by atoms with Gasteiger partial charge in [-0.15, -0.1) is 0 Å². The monoisotopic (exact) mass is 416 g/mol. The first-order chi connectivity index (χ1) is 14.2. The smallest absolute Gasteiger partial charge is 0.421 e. The highest BCUT2D eigenvalue weighted by Gasteiger charge is 2.37. The molecule has 0 aliphatic carbocycles. The zero-order valence-corrected chi connectivity index (χ0v) is 17.2. The van der Waals surface area contributed by atoms with Crippen LogP contribution in [0.5, 0.6) is 5.75 Å². The molecule has 0 bridgehead atoms. The van der Waals surface area contributed by atoms with Crippen LogP contribution < -0.4 is 14.5 Å². The summed E-state index contributed by atoms with van der Waals surface area (Å²) in [6.07, 6.45) is -3.76. The lowest BCUT2D eigenvalue weighted by molar-refractivity contribution is -0.137. The van der Waals surface area contributed by atoms with E-state index in [4.69, 9.17) is 4.74 Å². The molecule has 3 aromatic rings. The fraction of sp³-hybridized carbons (Fsp3) is 0.273. The Morgan fingerprint density at radius 2 is 1.47 bits per heavy atom. The third kappa shape index (κ3) is 4.64. The van der Waals surface area contributed by atoms with E-state index in [9.17, 15) is 13.2 Å². The summed E-state index contributed by atoms with van der Waals surface area (Å²) < 4.78 is 46.3. The molecular formula is C22H23F3N4O. The Kier molecular flexibility index (Phi) is 6.14. The second kappa shape index (κ2) is 8.61. The molecule has 1 aromatic heterocycles. The van der Waals surface area contributed by atoms with Crippen molar-refractivity contribution >= 4 is 23.1 Å². The Hall–Kier alpha value is -3.29. The number of aromatic nitrogens is 2. The highest BCUT2D eigenvalue weighted by molar-refractivity contribution is 5.66. The lowest BCUT2D eigenvalue weighted by atomic mass is 10.2.